The monoisotopic (exact) mass is 412 g/mol. The molecule has 5 nitrogen and oxygen atoms in total. The molecule has 0 aromatic heterocycles. The van der Waals surface area contributed by atoms with E-state index in [1.807, 2.05) is 48.5 Å². The van der Waals surface area contributed by atoms with Gasteiger partial charge in [-0.25, -0.2) is 0 Å². The van der Waals surface area contributed by atoms with Crippen molar-refractivity contribution >= 4 is 12.0 Å². The first-order chi connectivity index (χ1) is 15.1. The minimum absolute atomic E-state index is 0.118. The van der Waals surface area contributed by atoms with Crippen LogP contribution in [0, 0.1) is 11.3 Å². The molecule has 5 heteroatoms. The number of carbonyl (C=O) groups is 1. The van der Waals surface area contributed by atoms with Gasteiger partial charge < -0.3 is 14.4 Å². The fraction of sp³-hybridized carbons (Fsp3) is 0.154. The molecular formula is C26H24N2O3. The normalized spacial score (nSPS) is 10.5. The van der Waals surface area contributed by atoms with E-state index < -0.39 is 0 Å². The molecule has 0 aliphatic rings. The zero-order chi connectivity index (χ0) is 22.1. The Morgan fingerprint density at radius 1 is 1.00 bits per heavy atom. The van der Waals surface area contributed by atoms with Gasteiger partial charge in [0.2, 0.25) is 5.91 Å². The largest absolute Gasteiger partial charge is 0.493 e. The molecule has 0 N–H and O–H groups in total. The number of amides is 1. The molecule has 0 radical (unpaired) electrons. The summed E-state index contributed by atoms with van der Waals surface area (Å²) in [7, 11) is 3.35. The molecule has 3 rings (SSSR count). The standard InChI is InChI=1S/C26H24N2O3/c1-28(26(29)15-13-20-8-10-21(17-27)11-9-20)18-23-12-14-24(25(16-23)30-2)31-19-22-6-4-3-5-7-22/h3-16H,18-19H2,1-2H3. The number of carbonyl (C=O) groups excluding carboxylic acids is 1. The van der Waals surface area contributed by atoms with Gasteiger partial charge in [0.1, 0.15) is 6.61 Å². The van der Waals surface area contributed by atoms with Gasteiger partial charge in [0.05, 0.1) is 18.7 Å². The Morgan fingerprint density at radius 3 is 2.42 bits per heavy atom. The van der Waals surface area contributed by atoms with Crippen LogP contribution in [0.5, 0.6) is 11.5 Å². The zero-order valence-corrected chi connectivity index (χ0v) is 17.6. The number of benzene rings is 3. The Balaban J connectivity index is 1.60. The molecule has 0 saturated heterocycles. The summed E-state index contributed by atoms with van der Waals surface area (Å²) < 4.78 is 11.4. The van der Waals surface area contributed by atoms with E-state index in [0.717, 1.165) is 16.7 Å². The number of hydrogen-bond donors (Lipinski definition) is 0. The van der Waals surface area contributed by atoms with Gasteiger partial charge in [-0.15, -0.1) is 0 Å². The van der Waals surface area contributed by atoms with E-state index in [1.165, 1.54) is 6.08 Å². The predicted octanol–water partition coefficient (Wildman–Crippen LogP) is 4.82. The molecule has 0 fully saturated rings. The molecule has 0 aliphatic carbocycles. The molecule has 0 aliphatic heterocycles. The van der Waals surface area contributed by atoms with Gasteiger partial charge in [0.15, 0.2) is 11.5 Å². The molecule has 156 valence electrons. The summed E-state index contributed by atoms with van der Waals surface area (Å²) >= 11 is 0. The molecule has 1 amide bonds. The van der Waals surface area contributed by atoms with Crippen molar-refractivity contribution in [3.63, 3.8) is 0 Å². The number of nitrogens with zero attached hydrogens (tertiary/aromatic N) is 2. The van der Waals surface area contributed by atoms with Crippen molar-refractivity contribution in [2.45, 2.75) is 13.2 Å². The summed E-state index contributed by atoms with van der Waals surface area (Å²) in [6, 6.07) is 24.7. The summed E-state index contributed by atoms with van der Waals surface area (Å²) in [6.45, 7) is 0.890. The smallest absolute Gasteiger partial charge is 0.246 e. The van der Waals surface area contributed by atoms with Crippen molar-refractivity contribution in [3.8, 4) is 17.6 Å². The average Bonchev–Trinajstić information content (AvgIpc) is 2.82. The van der Waals surface area contributed by atoms with Crippen LogP contribution in [0.1, 0.15) is 22.3 Å². The second-order valence-corrected chi connectivity index (χ2v) is 7.02. The summed E-state index contributed by atoms with van der Waals surface area (Å²) in [5, 5.41) is 8.85. The third kappa shape index (κ3) is 6.22. The van der Waals surface area contributed by atoms with Gasteiger partial charge in [0, 0.05) is 19.7 Å². The highest BCUT2D eigenvalue weighted by Gasteiger charge is 2.10. The average molecular weight is 412 g/mol. The van der Waals surface area contributed by atoms with Crippen molar-refractivity contribution in [1.29, 1.82) is 5.26 Å². The highest BCUT2D eigenvalue weighted by Crippen LogP contribution is 2.29. The van der Waals surface area contributed by atoms with Gasteiger partial charge in [-0.2, -0.15) is 5.26 Å². The SMILES string of the molecule is COc1cc(CN(C)C(=O)C=Cc2ccc(C#N)cc2)ccc1OCc1ccccc1. The number of likely N-dealkylation sites (N-methyl/N-ethyl adjacent to an activating group) is 1. The van der Waals surface area contributed by atoms with Gasteiger partial charge in [0.25, 0.3) is 0 Å². The van der Waals surface area contributed by atoms with Crippen LogP contribution in [0.25, 0.3) is 6.08 Å². The van der Waals surface area contributed by atoms with Crippen LogP contribution < -0.4 is 9.47 Å². The van der Waals surface area contributed by atoms with E-state index in [9.17, 15) is 4.79 Å². The Kier molecular flexibility index (Phi) is 7.45. The Hall–Kier alpha value is -4.04. The molecule has 0 atom stereocenters. The van der Waals surface area contributed by atoms with E-state index in [1.54, 1.807) is 49.4 Å². The zero-order valence-electron chi connectivity index (χ0n) is 17.6. The molecule has 0 bridgehead atoms. The van der Waals surface area contributed by atoms with Crippen molar-refractivity contribution in [1.82, 2.24) is 4.90 Å². The topological polar surface area (TPSA) is 62.6 Å². The highest BCUT2D eigenvalue weighted by molar-refractivity contribution is 5.91. The second kappa shape index (κ2) is 10.7. The van der Waals surface area contributed by atoms with Gasteiger partial charge in [-0.05, 0) is 47.0 Å². The van der Waals surface area contributed by atoms with Gasteiger partial charge in [-0.1, -0.05) is 48.5 Å². The van der Waals surface area contributed by atoms with E-state index in [0.29, 0.717) is 30.2 Å². The molecule has 31 heavy (non-hydrogen) atoms. The summed E-state index contributed by atoms with van der Waals surface area (Å²) in [6.07, 6.45) is 3.26. The van der Waals surface area contributed by atoms with Crippen LogP contribution >= 0.6 is 0 Å². The number of methoxy groups -OCH3 is 1. The van der Waals surface area contributed by atoms with Gasteiger partial charge >= 0.3 is 0 Å². The van der Waals surface area contributed by atoms with E-state index >= 15 is 0 Å². The molecule has 0 saturated carbocycles. The van der Waals surface area contributed by atoms with E-state index in [-0.39, 0.29) is 5.91 Å². The van der Waals surface area contributed by atoms with Crippen LogP contribution in [0.2, 0.25) is 0 Å². The minimum Gasteiger partial charge on any atom is -0.493 e. The molecule has 0 unspecified atom stereocenters. The van der Waals surface area contributed by atoms with Crippen molar-refractivity contribution in [2.24, 2.45) is 0 Å². The van der Waals surface area contributed by atoms with Crippen molar-refractivity contribution in [3.05, 3.63) is 101 Å². The van der Waals surface area contributed by atoms with Crippen molar-refractivity contribution in [2.75, 3.05) is 14.2 Å². The van der Waals surface area contributed by atoms with Gasteiger partial charge in [-0.3, -0.25) is 4.79 Å². The lowest BCUT2D eigenvalue weighted by Gasteiger charge is -2.17. The lowest BCUT2D eigenvalue weighted by atomic mass is 10.1. The number of ether oxygens (including phenoxy) is 2. The van der Waals surface area contributed by atoms with Crippen LogP contribution in [0.15, 0.2) is 78.9 Å². The second-order valence-electron chi connectivity index (χ2n) is 7.02. The van der Waals surface area contributed by atoms with Crippen LogP contribution in [0.3, 0.4) is 0 Å². The molecular weight excluding hydrogens is 388 g/mol. The predicted molar refractivity (Wildman–Crippen MR) is 120 cm³/mol. The molecule has 3 aromatic carbocycles. The number of hydrogen-bond acceptors (Lipinski definition) is 4. The first kappa shape index (κ1) is 21.7. The maximum Gasteiger partial charge on any atom is 0.246 e. The Morgan fingerprint density at radius 2 is 1.74 bits per heavy atom. The van der Waals surface area contributed by atoms with Crippen LogP contribution in [-0.2, 0) is 17.9 Å². The minimum atomic E-state index is -0.118. The molecule has 3 aromatic rings. The first-order valence-corrected chi connectivity index (χ1v) is 9.86. The van der Waals surface area contributed by atoms with Crippen LogP contribution in [0.4, 0.5) is 0 Å². The fourth-order valence-electron chi connectivity index (χ4n) is 2.98. The van der Waals surface area contributed by atoms with E-state index in [4.69, 9.17) is 14.7 Å². The third-order valence-corrected chi connectivity index (χ3v) is 4.72. The lowest BCUT2D eigenvalue weighted by molar-refractivity contribution is -0.125. The quantitative estimate of drug-likeness (QED) is 0.498. The first-order valence-electron chi connectivity index (χ1n) is 9.86. The lowest BCUT2D eigenvalue weighted by Crippen LogP contribution is -2.24. The summed E-state index contributed by atoms with van der Waals surface area (Å²) in [4.78, 5) is 14.1. The number of rotatable bonds is 8. The summed E-state index contributed by atoms with van der Waals surface area (Å²) in [5.41, 5.74) is 3.47. The molecule has 0 spiro atoms. The molecule has 0 heterocycles. The Labute approximate surface area is 182 Å². The maximum absolute atomic E-state index is 12.5. The van der Waals surface area contributed by atoms with E-state index in [2.05, 4.69) is 6.07 Å². The third-order valence-electron chi connectivity index (χ3n) is 4.72. The highest BCUT2D eigenvalue weighted by atomic mass is 16.5. The Bertz CT molecular complexity index is 1080. The van der Waals surface area contributed by atoms with Crippen LogP contribution in [-0.4, -0.2) is 25.0 Å². The fourth-order valence-corrected chi connectivity index (χ4v) is 2.98. The summed E-state index contributed by atoms with van der Waals surface area (Å²) in [5.74, 6) is 1.17. The van der Waals surface area contributed by atoms with Crippen molar-refractivity contribution < 1.29 is 14.3 Å². The maximum atomic E-state index is 12.5. The number of nitriles is 1.